The highest BCUT2D eigenvalue weighted by Gasteiger charge is 2.37. The smallest absolute Gasteiger partial charge is 0.316 e. The molecule has 1 aromatic rings. The van der Waals surface area contributed by atoms with Crippen LogP contribution in [0, 0.1) is 0 Å². The van der Waals surface area contributed by atoms with Gasteiger partial charge in [-0.1, -0.05) is 24.3 Å². The molecule has 0 heterocycles. The van der Waals surface area contributed by atoms with Crippen LogP contribution in [-0.4, -0.2) is 30.7 Å². The fourth-order valence-corrected chi connectivity index (χ4v) is 2.26. The van der Waals surface area contributed by atoms with Crippen molar-refractivity contribution in [2.45, 2.75) is 38.1 Å². The fourth-order valence-electron chi connectivity index (χ4n) is 2.26. The largest absolute Gasteiger partial charge is 0.401 e. The molecule has 19 heavy (non-hydrogen) atoms. The minimum Gasteiger partial charge on any atom is -0.316 e. The number of benzene rings is 1. The molecule has 0 saturated heterocycles. The third kappa shape index (κ3) is 4.84. The Kier molecular flexibility index (Phi) is 4.47. The number of rotatable bonds is 6. The van der Waals surface area contributed by atoms with E-state index in [1.807, 2.05) is 31.3 Å². The SMILES string of the molecule is CNCc1cccc(CN(CC(F)(F)F)C2CC2)c1. The van der Waals surface area contributed by atoms with Crippen molar-refractivity contribution >= 4 is 0 Å². The third-order valence-electron chi connectivity index (χ3n) is 3.20. The lowest BCUT2D eigenvalue weighted by molar-refractivity contribution is -0.148. The number of hydrogen-bond acceptors (Lipinski definition) is 2. The number of alkyl halides is 3. The molecule has 1 aromatic carbocycles. The van der Waals surface area contributed by atoms with E-state index >= 15 is 0 Å². The molecule has 1 fully saturated rings. The van der Waals surface area contributed by atoms with Crippen molar-refractivity contribution in [3.8, 4) is 0 Å². The highest BCUT2D eigenvalue weighted by molar-refractivity contribution is 5.23. The van der Waals surface area contributed by atoms with E-state index in [0.29, 0.717) is 6.54 Å². The molecule has 0 atom stereocenters. The van der Waals surface area contributed by atoms with Crippen molar-refractivity contribution in [2.24, 2.45) is 0 Å². The van der Waals surface area contributed by atoms with Gasteiger partial charge in [-0.25, -0.2) is 0 Å². The maximum Gasteiger partial charge on any atom is 0.401 e. The van der Waals surface area contributed by atoms with Crippen molar-refractivity contribution in [3.63, 3.8) is 0 Å². The van der Waals surface area contributed by atoms with Crippen LogP contribution < -0.4 is 5.32 Å². The van der Waals surface area contributed by atoms with Gasteiger partial charge in [0.25, 0.3) is 0 Å². The summed E-state index contributed by atoms with van der Waals surface area (Å²) < 4.78 is 37.6. The molecule has 106 valence electrons. The van der Waals surface area contributed by atoms with Crippen LogP contribution in [0.25, 0.3) is 0 Å². The van der Waals surface area contributed by atoms with Gasteiger partial charge in [0.15, 0.2) is 0 Å². The first kappa shape index (κ1) is 14.3. The van der Waals surface area contributed by atoms with Crippen LogP contribution in [0.1, 0.15) is 24.0 Å². The summed E-state index contributed by atoms with van der Waals surface area (Å²) in [4.78, 5) is 1.54. The first-order chi connectivity index (χ1) is 8.98. The van der Waals surface area contributed by atoms with Gasteiger partial charge < -0.3 is 5.32 Å². The second kappa shape index (κ2) is 5.92. The van der Waals surface area contributed by atoms with Crippen LogP contribution in [-0.2, 0) is 13.1 Å². The second-order valence-corrected chi connectivity index (χ2v) is 5.10. The Morgan fingerprint density at radius 2 is 1.95 bits per heavy atom. The maximum absolute atomic E-state index is 12.5. The Hall–Kier alpha value is -1.07. The average Bonchev–Trinajstić information content (AvgIpc) is 3.11. The van der Waals surface area contributed by atoms with Crippen LogP contribution in [0.4, 0.5) is 13.2 Å². The van der Waals surface area contributed by atoms with Crippen molar-refractivity contribution in [1.29, 1.82) is 0 Å². The van der Waals surface area contributed by atoms with Gasteiger partial charge >= 0.3 is 6.18 Å². The monoisotopic (exact) mass is 272 g/mol. The number of nitrogens with zero attached hydrogens (tertiary/aromatic N) is 1. The molecule has 5 heteroatoms. The van der Waals surface area contributed by atoms with Crippen LogP contribution in [0.3, 0.4) is 0 Å². The molecular formula is C14H19F3N2. The predicted molar refractivity (Wildman–Crippen MR) is 68.7 cm³/mol. The molecule has 2 nitrogen and oxygen atoms in total. The summed E-state index contributed by atoms with van der Waals surface area (Å²) in [6.07, 6.45) is -2.36. The molecule has 0 amide bonds. The Morgan fingerprint density at radius 1 is 1.26 bits per heavy atom. The van der Waals surface area contributed by atoms with E-state index in [9.17, 15) is 13.2 Å². The summed E-state index contributed by atoms with van der Waals surface area (Å²) in [6.45, 7) is 0.298. The molecule has 1 saturated carbocycles. The topological polar surface area (TPSA) is 15.3 Å². The molecule has 1 N–H and O–H groups in total. The Bertz CT molecular complexity index is 413. The number of hydrogen-bond donors (Lipinski definition) is 1. The van der Waals surface area contributed by atoms with E-state index in [2.05, 4.69) is 5.32 Å². The maximum atomic E-state index is 12.5. The molecule has 0 bridgehead atoms. The summed E-state index contributed by atoms with van der Waals surface area (Å²) in [5.74, 6) is 0. The third-order valence-corrected chi connectivity index (χ3v) is 3.20. The van der Waals surface area contributed by atoms with E-state index in [1.165, 1.54) is 0 Å². The zero-order valence-corrected chi connectivity index (χ0v) is 11.0. The van der Waals surface area contributed by atoms with E-state index in [1.54, 1.807) is 4.90 Å². The lowest BCUT2D eigenvalue weighted by Crippen LogP contribution is -2.35. The molecule has 0 spiro atoms. The van der Waals surface area contributed by atoms with Gasteiger partial charge in [-0.15, -0.1) is 0 Å². The minimum atomic E-state index is -4.12. The van der Waals surface area contributed by atoms with Gasteiger partial charge in [0.1, 0.15) is 0 Å². The molecule has 1 aliphatic carbocycles. The Labute approximate surface area is 111 Å². The Balaban J connectivity index is 2.02. The first-order valence-electron chi connectivity index (χ1n) is 6.51. The minimum absolute atomic E-state index is 0.106. The van der Waals surface area contributed by atoms with Crippen LogP contribution in [0.15, 0.2) is 24.3 Å². The van der Waals surface area contributed by atoms with Gasteiger partial charge in [-0.3, -0.25) is 4.90 Å². The van der Waals surface area contributed by atoms with Crippen LogP contribution in [0.5, 0.6) is 0 Å². The van der Waals surface area contributed by atoms with Gasteiger partial charge in [-0.2, -0.15) is 13.2 Å². The molecule has 2 rings (SSSR count). The molecule has 0 radical (unpaired) electrons. The van der Waals surface area contributed by atoms with Crippen molar-refractivity contribution < 1.29 is 13.2 Å². The summed E-state index contributed by atoms with van der Waals surface area (Å²) >= 11 is 0. The molecule has 0 aliphatic heterocycles. The van der Waals surface area contributed by atoms with E-state index in [0.717, 1.165) is 30.5 Å². The van der Waals surface area contributed by atoms with Gasteiger partial charge in [-0.05, 0) is 31.0 Å². The Morgan fingerprint density at radius 3 is 2.53 bits per heavy atom. The van der Waals surface area contributed by atoms with Crippen LogP contribution in [0.2, 0.25) is 0 Å². The highest BCUT2D eigenvalue weighted by atomic mass is 19.4. The summed E-state index contributed by atoms with van der Waals surface area (Å²) in [5.41, 5.74) is 2.05. The van der Waals surface area contributed by atoms with Crippen LogP contribution >= 0.6 is 0 Å². The van der Waals surface area contributed by atoms with Gasteiger partial charge in [0, 0.05) is 19.1 Å². The standard InChI is InChI=1S/C14H19F3N2/c1-18-8-11-3-2-4-12(7-11)9-19(13-5-6-13)10-14(15,16)17/h2-4,7,13,18H,5-6,8-10H2,1H3. The number of nitrogens with one attached hydrogen (secondary N) is 1. The van der Waals surface area contributed by atoms with Gasteiger partial charge in [0.05, 0.1) is 6.54 Å². The van der Waals surface area contributed by atoms with Crippen molar-refractivity contribution in [3.05, 3.63) is 35.4 Å². The fraction of sp³-hybridized carbons (Fsp3) is 0.571. The second-order valence-electron chi connectivity index (χ2n) is 5.10. The normalized spacial score (nSPS) is 16.1. The van der Waals surface area contributed by atoms with Crippen molar-refractivity contribution in [2.75, 3.05) is 13.6 Å². The summed E-state index contributed by atoms with van der Waals surface area (Å²) in [6, 6.07) is 7.86. The summed E-state index contributed by atoms with van der Waals surface area (Å²) in [7, 11) is 1.85. The lowest BCUT2D eigenvalue weighted by Gasteiger charge is -2.23. The van der Waals surface area contributed by atoms with E-state index in [4.69, 9.17) is 0 Å². The van der Waals surface area contributed by atoms with Gasteiger partial charge in [0.2, 0.25) is 0 Å². The summed E-state index contributed by atoms with van der Waals surface area (Å²) in [5, 5.41) is 3.04. The lowest BCUT2D eigenvalue weighted by atomic mass is 10.1. The van der Waals surface area contributed by atoms with Crippen molar-refractivity contribution in [1.82, 2.24) is 10.2 Å². The molecule has 0 aromatic heterocycles. The average molecular weight is 272 g/mol. The molecular weight excluding hydrogens is 253 g/mol. The predicted octanol–water partition coefficient (Wildman–Crippen LogP) is 2.93. The zero-order chi connectivity index (χ0) is 13.9. The first-order valence-corrected chi connectivity index (χ1v) is 6.51. The van der Waals surface area contributed by atoms with E-state index < -0.39 is 12.7 Å². The molecule has 0 unspecified atom stereocenters. The van der Waals surface area contributed by atoms with E-state index in [-0.39, 0.29) is 6.04 Å². The number of halogens is 3. The zero-order valence-electron chi connectivity index (χ0n) is 11.0. The highest BCUT2D eigenvalue weighted by Crippen LogP contribution is 2.31. The molecule has 1 aliphatic rings. The quantitative estimate of drug-likeness (QED) is 0.856.